The summed E-state index contributed by atoms with van der Waals surface area (Å²) in [5.41, 5.74) is -0.260. The fourth-order valence-electron chi connectivity index (χ4n) is 3.07. The largest absolute Gasteiger partial charge is 0.382 e. The molecule has 1 aromatic heterocycles. The summed E-state index contributed by atoms with van der Waals surface area (Å²) in [5.74, 6) is 0. The Balaban J connectivity index is 1.71. The van der Waals surface area contributed by atoms with Crippen molar-refractivity contribution in [2.24, 2.45) is 0 Å². The van der Waals surface area contributed by atoms with Crippen LogP contribution in [-0.4, -0.2) is 60.7 Å². The number of rotatable bonds is 11. The van der Waals surface area contributed by atoms with Crippen molar-refractivity contribution in [1.82, 2.24) is 14.5 Å². The minimum absolute atomic E-state index is 0.0561. The maximum Gasteiger partial charge on any atom is 0.284 e. The van der Waals surface area contributed by atoms with Gasteiger partial charge < -0.3 is 10.1 Å². The van der Waals surface area contributed by atoms with Gasteiger partial charge in [0.2, 0.25) is 15.2 Å². The molecule has 1 aliphatic heterocycles. The topological polar surface area (TPSA) is 128 Å². The molecule has 31 heavy (non-hydrogen) atoms. The van der Waals surface area contributed by atoms with Crippen molar-refractivity contribution >= 4 is 43.9 Å². The summed E-state index contributed by atoms with van der Waals surface area (Å²) in [6.07, 6.45) is 3.42. The van der Waals surface area contributed by atoms with E-state index in [0.29, 0.717) is 47.2 Å². The van der Waals surface area contributed by atoms with Gasteiger partial charge in [-0.15, -0.1) is 10.2 Å². The average Bonchev–Trinajstić information content (AvgIpc) is 3.21. The molecule has 0 saturated carbocycles. The molecule has 1 aromatic carbocycles. The number of aromatic nitrogens is 2. The van der Waals surface area contributed by atoms with E-state index in [0.717, 1.165) is 43.5 Å². The van der Waals surface area contributed by atoms with Crippen LogP contribution in [0, 0.1) is 10.1 Å². The summed E-state index contributed by atoms with van der Waals surface area (Å²) in [7, 11) is -3.75. The number of nitrogens with one attached hydrogen (secondary N) is 1. The Hall–Kier alpha value is -1.80. The smallest absolute Gasteiger partial charge is 0.284 e. The van der Waals surface area contributed by atoms with E-state index < -0.39 is 14.9 Å². The van der Waals surface area contributed by atoms with Crippen LogP contribution in [0.4, 0.5) is 10.8 Å². The Bertz CT molecular complexity index is 992. The van der Waals surface area contributed by atoms with Crippen LogP contribution in [0.3, 0.4) is 0 Å². The van der Waals surface area contributed by atoms with Gasteiger partial charge in [-0.1, -0.05) is 17.8 Å². The number of anilines is 1. The van der Waals surface area contributed by atoms with Gasteiger partial charge in [0, 0.05) is 38.9 Å². The van der Waals surface area contributed by atoms with E-state index in [1.54, 1.807) is 0 Å². The quantitative estimate of drug-likeness (QED) is 0.287. The number of nitro benzene ring substituents is 1. The second-order valence-electron chi connectivity index (χ2n) is 6.80. The minimum atomic E-state index is -3.75. The molecular formula is C18H25N5O5S3. The van der Waals surface area contributed by atoms with Crippen LogP contribution in [0.2, 0.25) is 0 Å². The van der Waals surface area contributed by atoms with Gasteiger partial charge in [0.05, 0.1) is 14.7 Å². The standard InChI is InChI=1S/C18H25N5O5S3/c1-2-28-12-6-9-19-17-20-21-18(30-17)29-16-8-7-14(13-15(16)23(24)25)31(26,27)22-10-4-3-5-11-22/h7-8,13H,2-6,9-12H2,1H3,(H,19,20). The SMILES string of the molecule is CCOCCCNc1nnc(Sc2ccc(S(=O)(=O)N3CCCCC3)cc2[N+](=O)[O-])s1. The lowest BCUT2D eigenvalue weighted by molar-refractivity contribution is -0.388. The number of nitro groups is 1. The number of piperidine rings is 1. The van der Waals surface area contributed by atoms with Crippen LogP contribution in [-0.2, 0) is 14.8 Å². The van der Waals surface area contributed by atoms with Gasteiger partial charge in [0.15, 0.2) is 4.34 Å². The van der Waals surface area contributed by atoms with Crippen molar-refractivity contribution < 1.29 is 18.1 Å². The van der Waals surface area contributed by atoms with Gasteiger partial charge in [-0.2, -0.15) is 4.31 Å². The zero-order chi connectivity index (χ0) is 22.3. The van der Waals surface area contributed by atoms with Crippen molar-refractivity contribution in [2.75, 3.05) is 38.2 Å². The van der Waals surface area contributed by atoms with Gasteiger partial charge in [0.1, 0.15) is 0 Å². The van der Waals surface area contributed by atoms with Crippen molar-refractivity contribution in [2.45, 2.75) is 46.7 Å². The number of hydrogen-bond acceptors (Lipinski definition) is 10. The monoisotopic (exact) mass is 487 g/mol. The lowest BCUT2D eigenvalue weighted by Gasteiger charge is -2.25. The van der Waals surface area contributed by atoms with Gasteiger partial charge in [0.25, 0.3) is 5.69 Å². The zero-order valence-electron chi connectivity index (χ0n) is 17.2. The van der Waals surface area contributed by atoms with Crippen LogP contribution in [0.1, 0.15) is 32.6 Å². The van der Waals surface area contributed by atoms with Crippen molar-refractivity contribution in [1.29, 1.82) is 0 Å². The van der Waals surface area contributed by atoms with Crippen molar-refractivity contribution in [3.05, 3.63) is 28.3 Å². The first-order valence-electron chi connectivity index (χ1n) is 10.0. The third-order valence-electron chi connectivity index (χ3n) is 4.63. The summed E-state index contributed by atoms with van der Waals surface area (Å²) in [5, 5.41) is 23.5. The van der Waals surface area contributed by atoms with E-state index in [-0.39, 0.29) is 10.6 Å². The number of nitrogens with zero attached hydrogens (tertiary/aromatic N) is 4. The first-order valence-corrected chi connectivity index (χ1v) is 13.1. The minimum Gasteiger partial charge on any atom is -0.382 e. The molecule has 10 nitrogen and oxygen atoms in total. The maximum atomic E-state index is 12.9. The van der Waals surface area contributed by atoms with E-state index in [1.165, 1.54) is 27.8 Å². The molecule has 0 spiro atoms. The molecule has 0 unspecified atom stereocenters. The molecule has 0 aliphatic carbocycles. The first-order chi connectivity index (χ1) is 14.9. The van der Waals surface area contributed by atoms with E-state index in [9.17, 15) is 18.5 Å². The van der Waals surface area contributed by atoms with E-state index in [1.807, 2.05) is 6.92 Å². The summed E-state index contributed by atoms with van der Waals surface area (Å²) >= 11 is 2.38. The highest BCUT2D eigenvalue weighted by atomic mass is 32.2. The van der Waals surface area contributed by atoms with E-state index >= 15 is 0 Å². The zero-order valence-corrected chi connectivity index (χ0v) is 19.6. The molecule has 0 radical (unpaired) electrons. The van der Waals surface area contributed by atoms with Crippen LogP contribution < -0.4 is 5.32 Å². The molecule has 1 aliphatic rings. The molecule has 1 saturated heterocycles. The van der Waals surface area contributed by atoms with Crippen LogP contribution in [0.25, 0.3) is 0 Å². The molecule has 2 heterocycles. The van der Waals surface area contributed by atoms with E-state index in [4.69, 9.17) is 4.74 Å². The molecule has 2 aromatic rings. The van der Waals surface area contributed by atoms with Crippen LogP contribution in [0.15, 0.2) is 32.3 Å². The fourth-order valence-corrected chi connectivity index (χ4v) is 6.43. The highest BCUT2D eigenvalue weighted by Gasteiger charge is 2.29. The lowest BCUT2D eigenvalue weighted by Crippen LogP contribution is -2.35. The van der Waals surface area contributed by atoms with Crippen LogP contribution >= 0.6 is 23.1 Å². The van der Waals surface area contributed by atoms with Crippen molar-refractivity contribution in [3.8, 4) is 0 Å². The predicted molar refractivity (Wildman–Crippen MR) is 119 cm³/mol. The number of benzene rings is 1. The first kappa shape index (κ1) is 23.9. The Labute approximate surface area is 189 Å². The Morgan fingerprint density at radius 3 is 2.77 bits per heavy atom. The molecule has 3 rings (SSSR count). The van der Waals surface area contributed by atoms with Gasteiger partial charge in [-0.25, -0.2) is 8.42 Å². The summed E-state index contributed by atoms with van der Waals surface area (Å²) in [6, 6.07) is 4.03. The third kappa shape index (κ3) is 6.35. The number of ether oxygens (including phenoxy) is 1. The summed E-state index contributed by atoms with van der Waals surface area (Å²) < 4.78 is 32.9. The molecular weight excluding hydrogens is 462 g/mol. The van der Waals surface area contributed by atoms with Crippen LogP contribution in [0.5, 0.6) is 0 Å². The molecule has 0 atom stereocenters. The predicted octanol–water partition coefficient (Wildman–Crippen LogP) is 3.61. The average molecular weight is 488 g/mol. The number of hydrogen-bond donors (Lipinski definition) is 1. The molecule has 13 heteroatoms. The normalized spacial score (nSPS) is 15.1. The second-order valence-corrected chi connectivity index (χ2v) is 11.0. The molecule has 170 valence electrons. The fraction of sp³-hybridized carbons (Fsp3) is 0.556. The van der Waals surface area contributed by atoms with Gasteiger partial charge in [-0.3, -0.25) is 10.1 Å². The summed E-state index contributed by atoms with van der Waals surface area (Å²) in [6.45, 7) is 4.84. The number of sulfonamides is 1. The Morgan fingerprint density at radius 2 is 2.06 bits per heavy atom. The summed E-state index contributed by atoms with van der Waals surface area (Å²) in [4.78, 5) is 11.3. The lowest BCUT2D eigenvalue weighted by atomic mass is 10.2. The van der Waals surface area contributed by atoms with Crippen molar-refractivity contribution in [3.63, 3.8) is 0 Å². The highest BCUT2D eigenvalue weighted by molar-refractivity contribution is 8.01. The molecule has 1 fully saturated rings. The van der Waals surface area contributed by atoms with Gasteiger partial charge >= 0.3 is 0 Å². The molecule has 1 N–H and O–H groups in total. The van der Waals surface area contributed by atoms with Gasteiger partial charge in [-0.05, 0) is 50.1 Å². The molecule has 0 amide bonds. The Kier molecular flexibility index (Phi) is 8.60. The third-order valence-corrected chi connectivity index (χ3v) is 8.52. The maximum absolute atomic E-state index is 12.9. The Morgan fingerprint density at radius 1 is 1.29 bits per heavy atom. The second kappa shape index (κ2) is 11.2. The highest BCUT2D eigenvalue weighted by Crippen LogP contribution is 2.38. The van der Waals surface area contributed by atoms with E-state index in [2.05, 4.69) is 15.5 Å². The molecule has 0 bridgehead atoms.